The maximum Gasteiger partial charge on any atom is 0.319 e. The van der Waals surface area contributed by atoms with Gasteiger partial charge in [0.15, 0.2) is 0 Å². The van der Waals surface area contributed by atoms with Crippen molar-refractivity contribution in [2.24, 2.45) is 11.7 Å². The summed E-state index contributed by atoms with van der Waals surface area (Å²) in [6, 6.07) is 4.34. The Kier molecular flexibility index (Phi) is 4.26. The van der Waals surface area contributed by atoms with Gasteiger partial charge in [0.1, 0.15) is 0 Å². The first-order chi connectivity index (χ1) is 10.0. The van der Waals surface area contributed by atoms with Crippen molar-refractivity contribution in [1.82, 2.24) is 5.32 Å². The van der Waals surface area contributed by atoms with E-state index >= 15 is 0 Å². The molecule has 0 aromatic heterocycles. The van der Waals surface area contributed by atoms with Crippen LogP contribution >= 0.6 is 23.2 Å². The van der Waals surface area contributed by atoms with Gasteiger partial charge in [-0.2, -0.15) is 0 Å². The molecule has 2 fully saturated rings. The van der Waals surface area contributed by atoms with Gasteiger partial charge < -0.3 is 21.1 Å². The third-order valence-electron chi connectivity index (χ3n) is 4.10. The molecule has 0 bridgehead atoms. The minimum atomic E-state index is -0.332. The number of rotatable bonds is 2. The summed E-state index contributed by atoms with van der Waals surface area (Å²) in [6.07, 6.45) is 2.13. The lowest BCUT2D eigenvalue weighted by Gasteiger charge is -2.52. The quantitative estimate of drug-likeness (QED) is 0.780. The molecule has 4 atom stereocenters. The fourth-order valence-corrected chi connectivity index (χ4v) is 3.60. The Balaban J connectivity index is 1.59. The zero-order chi connectivity index (χ0) is 15.0. The minimum Gasteiger partial charge on any atom is -0.376 e. The van der Waals surface area contributed by atoms with Gasteiger partial charge in [0.05, 0.1) is 12.1 Å². The molecule has 4 N–H and O–H groups in total. The summed E-state index contributed by atoms with van der Waals surface area (Å²) in [5.74, 6) is 0.352. The predicted molar refractivity (Wildman–Crippen MR) is 82.8 cm³/mol. The molecule has 1 heterocycles. The summed E-state index contributed by atoms with van der Waals surface area (Å²) in [4.78, 5) is 12.0. The number of ether oxygens (including phenoxy) is 1. The van der Waals surface area contributed by atoms with E-state index in [0.717, 1.165) is 19.4 Å². The predicted octanol–water partition coefficient (Wildman–Crippen LogP) is 2.62. The standard InChI is InChI=1S/C14H17Cl2N3O2/c15-7-4-8(16)6-9(5-7)18-14(20)19-12-11(17)10-2-1-3-21-13(10)12/h4-6,10-13H,1-3,17H2,(H2,18,19,20). The Morgan fingerprint density at radius 2 is 2.00 bits per heavy atom. The number of hydrogen-bond acceptors (Lipinski definition) is 3. The van der Waals surface area contributed by atoms with E-state index in [1.807, 2.05) is 0 Å². The van der Waals surface area contributed by atoms with Crippen molar-refractivity contribution < 1.29 is 9.53 Å². The van der Waals surface area contributed by atoms with Gasteiger partial charge in [-0.15, -0.1) is 0 Å². The van der Waals surface area contributed by atoms with Gasteiger partial charge in [0, 0.05) is 34.3 Å². The SMILES string of the molecule is NC1C2CCCOC2C1NC(=O)Nc1cc(Cl)cc(Cl)c1. The van der Waals surface area contributed by atoms with Crippen LogP contribution in [-0.2, 0) is 4.74 Å². The molecule has 2 amide bonds. The third kappa shape index (κ3) is 3.11. The summed E-state index contributed by atoms with van der Waals surface area (Å²) in [7, 11) is 0. The second kappa shape index (κ2) is 6.01. The van der Waals surface area contributed by atoms with Crippen LogP contribution in [-0.4, -0.2) is 30.8 Å². The molecule has 5 nitrogen and oxygen atoms in total. The molecule has 1 aliphatic heterocycles. The average molecular weight is 330 g/mol. The van der Waals surface area contributed by atoms with Crippen molar-refractivity contribution in [3.05, 3.63) is 28.2 Å². The van der Waals surface area contributed by atoms with Crippen LogP contribution in [0.15, 0.2) is 18.2 Å². The molecule has 7 heteroatoms. The monoisotopic (exact) mass is 329 g/mol. The van der Waals surface area contributed by atoms with E-state index in [1.54, 1.807) is 18.2 Å². The van der Waals surface area contributed by atoms with Gasteiger partial charge in [-0.25, -0.2) is 4.79 Å². The molecule has 21 heavy (non-hydrogen) atoms. The largest absolute Gasteiger partial charge is 0.376 e. The second-order valence-electron chi connectivity index (χ2n) is 5.50. The van der Waals surface area contributed by atoms with E-state index in [0.29, 0.717) is 21.7 Å². The van der Waals surface area contributed by atoms with Gasteiger partial charge in [-0.05, 0) is 31.0 Å². The van der Waals surface area contributed by atoms with Crippen LogP contribution in [0.1, 0.15) is 12.8 Å². The topological polar surface area (TPSA) is 76.4 Å². The van der Waals surface area contributed by atoms with Crippen molar-refractivity contribution in [1.29, 1.82) is 0 Å². The van der Waals surface area contributed by atoms with Crippen LogP contribution in [0.4, 0.5) is 10.5 Å². The summed E-state index contributed by atoms with van der Waals surface area (Å²) < 4.78 is 5.68. The molecule has 1 aliphatic carbocycles. The molecule has 1 saturated carbocycles. The highest BCUT2D eigenvalue weighted by Gasteiger charge is 2.51. The summed E-state index contributed by atoms with van der Waals surface area (Å²) >= 11 is 11.8. The van der Waals surface area contributed by atoms with Gasteiger partial charge in [-0.1, -0.05) is 23.2 Å². The number of halogens is 2. The molecule has 1 saturated heterocycles. The second-order valence-corrected chi connectivity index (χ2v) is 6.37. The molecule has 3 rings (SSSR count). The van der Waals surface area contributed by atoms with E-state index in [9.17, 15) is 4.79 Å². The molecule has 0 radical (unpaired) electrons. The van der Waals surface area contributed by atoms with E-state index in [2.05, 4.69) is 10.6 Å². The van der Waals surface area contributed by atoms with E-state index in [4.69, 9.17) is 33.7 Å². The van der Waals surface area contributed by atoms with Crippen molar-refractivity contribution in [3.8, 4) is 0 Å². The molecule has 114 valence electrons. The highest BCUT2D eigenvalue weighted by Crippen LogP contribution is 2.37. The van der Waals surface area contributed by atoms with Crippen LogP contribution in [0, 0.1) is 5.92 Å². The summed E-state index contributed by atoms with van der Waals surface area (Å²) in [6.45, 7) is 0.734. The Bertz CT molecular complexity index is 535. The molecule has 4 unspecified atom stereocenters. The Morgan fingerprint density at radius 1 is 1.29 bits per heavy atom. The number of benzene rings is 1. The van der Waals surface area contributed by atoms with Crippen LogP contribution in [0.3, 0.4) is 0 Å². The Hall–Kier alpha value is -1.01. The zero-order valence-corrected chi connectivity index (χ0v) is 12.8. The Labute approximate surface area is 133 Å². The number of nitrogens with two attached hydrogens (primary N) is 1. The number of anilines is 1. The summed E-state index contributed by atoms with van der Waals surface area (Å²) in [5.41, 5.74) is 6.64. The lowest BCUT2D eigenvalue weighted by atomic mass is 9.69. The first-order valence-electron chi connectivity index (χ1n) is 6.95. The minimum absolute atomic E-state index is 0.0300. The smallest absolute Gasteiger partial charge is 0.319 e. The van der Waals surface area contributed by atoms with E-state index in [-0.39, 0.29) is 24.2 Å². The summed E-state index contributed by atoms with van der Waals surface area (Å²) in [5, 5.41) is 6.51. The number of hydrogen-bond donors (Lipinski definition) is 3. The number of nitrogens with one attached hydrogen (secondary N) is 2. The third-order valence-corrected chi connectivity index (χ3v) is 4.53. The average Bonchev–Trinajstić information content (AvgIpc) is 2.43. The fraction of sp³-hybridized carbons (Fsp3) is 0.500. The lowest BCUT2D eigenvalue weighted by molar-refractivity contribution is -0.116. The zero-order valence-electron chi connectivity index (χ0n) is 11.3. The number of urea groups is 1. The van der Waals surface area contributed by atoms with Crippen LogP contribution in [0.5, 0.6) is 0 Å². The van der Waals surface area contributed by atoms with Crippen LogP contribution < -0.4 is 16.4 Å². The first-order valence-corrected chi connectivity index (χ1v) is 7.71. The molecule has 1 aromatic carbocycles. The number of carbonyl (C=O) groups excluding carboxylic acids is 1. The molecular formula is C14H17Cl2N3O2. The highest BCUT2D eigenvalue weighted by atomic mass is 35.5. The van der Waals surface area contributed by atoms with Crippen LogP contribution in [0.25, 0.3) is 0 Å². The van der Waals surface area contributed by atoms with Gasteiger partial charge in [0.25, 0.3) is 0 Å². The lowest BCUT2D eigenvalue weighted by Crippen LogP contribution is -2.72. The fourth-order valence-electron chi connectivity index (χ4n) is 3.07. The highest BCUT2D eigenvalue weighted by molar-refractivity contribution is 6.35. The van der Waals surface area contributed by atoms with Crippen molar-refractivity contribution in [2.45, 2.75) is 31.0 Å². The normalized spacial score (nSPS) is 31.0. The molecular weight excluding hydrogens is 313 g/mol. The van der Waals surface area contributed by atoms with Crippen molar-refractivity contribution in [3.63, 3.8) is 0 Å². The van der Waals surface area contributed by atoms with E-state index < -0.39 is 0 Å². The number of amides is 2. The Morgan fingerprint density at radius 3 is 2.71 bits per heavy atom. The maximum absolute atomic E-state index is 12.0. The number of carbonyl (C=O) groups is 1. The maximum atomic E-state index is 12.0. The number of fused-ring (bicyclic) bond motifs is 1. The van der Waals surface area contributed by atoms with Gasteiger partial charge >= 0.3 is 6.03 Å². The van der Waals surface area contributed by atoms with Crippen molar-refractivity contribution >= 4 is 34.9 Å². The molecule has 0 spiro atoms. The first kappa shape index (κ1) is 14.9. The van der Waals surface area contributed by atoms with E-state index in [1.165, 1.54) is 0 Å². The molecule has 2 aliphatic rings. The van der Waals surface area contributed by atoms with Gasteiger partial charge in [-0.3, -0.25) is 0 Å². The molecule has 1 aromatic rings. The van der Waals surface area contributed by atoms with Crippen LogP contribution in [0.2, 0.25) is 10.0 Å². The van der Waals surface area contributed by atoms with Gasteiger partial charge in [0.2, 0.25) is 0 Å². The van der Waals surface area contributed by atoms with Crippen molar-refractivity contribution in [2.75, 3.05) is 11.9 Å².